The fraction of sp³-hybridized carbons (Fsp3) is 0.161. The lowest BCUT2D eigenvalue weighted by Gasteiger charge is -2.19. The second-order valence-electron chi connectivity index (χ2n) is 9.43. The van der Waals surface area contributed by atoms with Gasteiger partial charge in [0.25, 0.3) is 0 Å². The monoisotopic (exact) mass is 400 g/mol. The van der Waals surface area contributed by atoms with Gasteiger partial charge in [-0.1, -0.05) is 129 Å². The van der Waals surface area contributed by atoms with Gasteiger partial charge < -0.3 is 0 Å². The first-order chi connectivity index (χ1) is 15.0. The largest absolute Gasteiger partial charge is 0.0622 e. The van der Waals surface area contributed by atoms with Crippen LogP contribution in [0.15, 0.2) is 103 Å². The molecule has 0 atom stereocenters. The van der Waals surface area contributed by atoms with E-state index < -0.39 is 0 Å². The molecule has 0 amide bonds. The van der Waals surface area contributed by atoms with Crippen molar-refractivity contribution in [2.24, 2.45) is 5.41 Å². The summed E-state index contributed by atoms with van der Waals surface area (Å²) in [4.78, 5) is 0. The van der Waals surface area contributed by atoms with Crippen LogP contribution in [0, 0.1) is 5.41 Å². The normalized spacial score (nSPS) is 13.1. The van der Waals surface area contributed by atoms with E-state index in [9.17, 15) is 0 Å². The highest BCUT2D eigenvalue weighted by atomic mass is 14.3. The second kappa shape index (κ2) is 7.71. The van der Waals surface area contributed by atoms with Gasteiger partial charge in [-0.15, -0.1) is 0 Å². The predicted octanol–water partition coefficient (Wildman–Crippen LogP) is 8.67. The van der Waals surface area contributed by atoms with E-state index in [4.69, 9.17) is 0 Å². The molecular formula is C31H28. The summed E-state index contributed by atoms with van der Waals surface area (Å²) in [6, 6.07) is 35.0. The summed E-state index contributed by atoms with van der Waals surface area (Å²) in [6.45, 7) is 6.96. The maximum absolute atomic E-state index is 2.46. The topological polar surface area (TPSA) is 0 Å². The number of benzene rings is 4. The SMILES string of the molecule is CC(C)(C)C1=Cc2c(ccc(-c3ccccc3)c2-c2ccccc2-c2ccccc2)C1. The van der Waals surface area contributed by atoms with Crippen molar-refractivity contribution in [2.75, 3.05) is 0 Å². The lowest BCUT2D eigenvalue weighted by Crippen LogP contribution is -2.08. The van der Waals surface area contributed by atoms with Crippen LogP contribution < -0.4 is 0 Å². The van der Waals surface area contributed by atoms with Gasteiger partial charge in [-0.25, -0.2) is 0 Å². The van der Waals surface area contributed by atoms with E-state index in [0.29, 0.717) is 0 Å². The van der Waals surface area contributed by atoms with E-state index in [1.165, 1.54) is 50.1 Å². The number of hydrogen-bond donors (Lipinski definition) is 0. The highest BCUT2D eigenvalue weighted by molar-refractivity contribution is 5.97. The fourth-order valence-electron chi connectivity index (χ4n) is 4.61. The van der Waals surface area contributed by atoms with Crippen molar-refractivity contribution in [1.29, 1.82) is 0 Å². The molecule has 0 bridgehead atoms. The van der Waals surface area contributed by atoms with Gasteiger partial charge >= 0.3 is 0 Å². The molecule has 0 aromatic heterocycles. The first-order valence-electron chi connectivity index (χ1n) is 11.1. The summed E-state index contributed by atoms with van der Waals surface area (Å²) in [5.41, 5.74) is 12.2. The molecule has 0 N–H and O–H groups in total. The van der Waals surface area contributed by atoms with E-state index in [1.54, 1.807) is 0 Å². The Balaban J connectivity index is 1.82. The molecule has 1 aliphatic rings. The molecule has 0 saturated heterocycles. The molecule has 0 nitrogen and oxygen atoms in total. The smallest absolute Gasteiger partial charge is 0.00237 e. The van der Waals surface area contributed by atoms with Crippen LogP contribution in [0.2, 0.25) is 0 Å². The third-order valence-electron chi connectivity index (χ3n) is 6.36. The highest BCUT2D eigenvalue weighted by Crippen LogP contribution is 2.46. The minimum absolute atomic E-state index is 0.169. The Hall–Kier alpha value is -3.38. The van der Waals surface area contributed by atoms with Gasteiger partial charge in [0.2, 0.25) is 0 Å². The van der Waals surface area contributed by atoms with E-state index in [-0.39, 0.29) is 5.41 Å². The maximum Gasteiger partial charge on any atom is -0.00237 e. The minimum Gasteiger partial charge on any atom is -0.0622 e. The Kier molecular flexibility index (Phi) is 4.87. The lowest BCUT2D eigenvalue weighted by molar-refractivity contribution is 0.498. The molecule has 31 heavy (non-hydrogen) atoms. The predicted molar refractivity (Wildman–Crippen MR) is 134 cm³/mol. The van der Waals surface area contributed by atoms with Crippen molar-refractivity contribution in [2.45, 2.75) is 27.2 Å². The highest BCUT2D eigenvalue weighted by Gasteiger charge is 2.27. The van der Waals surface area contributed by atoms with Crippen molar-refractivity contribution < 1.29 is 0 Å². The van der Waals surface area contributed by atoms with Crippen LogP contribution in [0.4, 0.5) is 0 Å². The Bertz CT molecular complexity index is 1250. The molecule has 5 rings (SSSR count). The molecule has 152 valence electrons. The molecule has 1 aliphatic carbocycles. The van der Waals surface area contributed by atoms with Gasteiger partial charge in [0.15, 0.2) is 0 Å². The number of rotatable bonds is 3. The third kappa shape index (κ3) is 3.64. The zero-order valence-corrected chi connectivity index (χ0v) is 18.5. The maximum atomic E-state index is 2.46. The van der Waals surface area contributed by atoms with Crippen LogP contribution in [-0.4, -0.2) is 0 Å². The number of fused-ring (bicyclic) bond motifs is 1. The average Bonchev–Trinajstić information content (AvgIpc) is 3.25. The van der Waals surface area contributed by atoms with Crippen LogP contribution in [0.5, 0.6) is 0 Å². The molecule has 4 aromatic carbocycles. The second-order valence-corrected chi connectivity index (χ2v) is 9.43. The van der Waals surface area contributed by atoms with Crippen LogP contribution in [0.1, 0.15) is 31.9 Å². The van der Waals surface area contributed by atoms with Crippen LogP contribution in [0.25, 0.3) is 39.5 Å². The van der Waals surface area contributed by atoms with E-state index in [2.05, 4.69) is 124 Å². The molecule has 4 aromatic rings. The van der Waals surface area contributed by atoms with Crippen molar-refractivity contribution in [3.8, 4) is 33.4 Å². The van der Waals surface area contributed by atoms with Gasteiger partial charge in [0.1, 0.15) is 0 Å². The van der Waals surface area contributed by atoms with Crippen molar-refractivity contribution in [3.63, 3.8) is 0 Å². The first-order valence-corrected chi connectivity index (χ1v) is 11.1. The molecular weight excluding hydrogens is 372 g/mol. The summed E-state index contributed by atoms with van der Waals surface area (Å²) in [5.74, 6) is 0. The number of allylic oxidation sites excluding steroid dienone is 1. The zero-order chi connectivity index (χ0) is 21.4. The van der Waals surface area contributed by atoms with Crippen LogP contribution in [-0.2, 0) is 6.42 Å². The average molecular weight is 401 g/mol. The Morgan fingerprint density at radius 2 is 1.10 bits per heavy atom. The van der Waals surface area contributed by atoms with E-state index in [1.807, 2.05) is 0 Å². The van der Waals surface area contributed by atoms with Crippen molar-refractivity contribution >= 4 is 6.08 Å². The van der Waals surface area contributed by atoms with Gasteiger partial charge in [0, 0.05) is 0 Å². The van der Waals surface area contributed by atoms with E-state index in [0.717, 1.165) is 6.42 Å². The molecule has 0 aliphatic heterocycles. The Morgan fingerprint density at radius 3 is 1.71 bits per heavy atom. The molecule has 0 radical (unpaired) electrons. The quantitative estimate of drug-likeness (QED) is 0.323. The zero-order valence-electron chi connectivity index (χ0n) is 18.5. The molecule has 0 heterocycles. The van der Waals surface area contributed by atoms with Crippen LogP contribution in [0.3, 0.4) is 0 Å². The van der Waals surface area contributed by atoms with Gasteiger partial charge in [-0.2, -0.15) is 0 Å². The summed E-state index contributed by atoms with van der Waals surface area (Å²) < 4.78 is 0. The van der Waals surface area contributed by atoms with E-state index >= 15 is 0 Å². The summed E-state index contributed by atoms with van der Waals surface area (Å²) in [5, 5.41) is 0. The molecule has 0 spiro atoms. The van der Waals surface area contributed by atoms with Crippen molar-refractivity contribution in [3.05, 3.63) is 114 Å². The fourth-order valence-corrected chi connectivity index (χ4v) is 4.61. The van der Waals surface area contributed by atoms with Crippen molar-refractivity contribution in [1.82, 2.24) is 0 Å². The molecule has 0 unspecified atom stereocenters. The van der Waals surface area contributed by atoms with Gasteiger partial charge in [-0.05, 0) is 56.3 Å². The first kappa shape index (κ1) is 19.6. The Morgan fingerprint density at radius 1 is 0.548 bits per heavy atom. The summed E-state index contributed by atoms with van der Waals surface area (Å²) in [7, 11) is 0. The van der Waals surface area contributed by atoms with Gasteiger partial charge in [0.05, 0.1) is 0 Å². The standard InChI is InChI=1S/C31H28/c1-31(2,3)25-20-24-18-19-27(23-14-8-5-9-15-23)30(29(24)21-25)28-17-11-10-16-26(28)22-12-6-4-7-13-22/h4-19,21H,20H2,1-3H3. The minimum atomic E-state index is 0.169. The van der Waals surface area contributed by atoms with Gasteiger partial charge in [-0.3, -0.25) is 0 Å². The summed E-state index contributed by atoms with van der Waals surface area (Å²) >= 11 is 0. The third-order valence-corrected chi connectivity index (χ3v) is 6.36. The van der Waals surface area contributed by atoms with Crippen LogP contribution >= 0.6 is 0 Å². The molecule has 0 saturated carbocycles. The molecule has 0 fully saturated rings. The lowest BCUT2D eigenvalue weighted by atomic mass is 9.85. The Labute approximate surface area is 185 Å². The summed E-state index contributed by atoms with van der Waals surface area (Å²) in [6.07, 6.45) is 3.49. The molecule has 0 heteroatoms. The number of hydrogen-bond acceptors (Lipinski definition) is 0.